The van der Waals surface area contributed by atoms with E-state index in [1.165, 1.54) is 77.0 Å². The third-order valence-corrected chi connectivity index (χ3v) is 3.55. The van der Waals surface area contributed by atoms with Crippen molar-refractivity contribution in [3.8, 4) is 0 Å². The van der Waals surface area contributed by atoms with Crippen LogP contribution in [-0.2, 0) is 0 Å². The number of unbranched alkanes of at least 4 members (excludes halogenated alkanes) is 10. The van der Waals surface area contributed by atoms with E-state index in [0.717, 1.165) is 6.42 Å². The summed E-state index contributed by atoms with van der Waals surface area (Å²) in [6.45, 7) is 4.54. The highest BCUT2D eigenvalue weighted by Crippen LogP contribution is 2.08. The molecule has 0 nitrogen and oxygen atoms in total. The van der Waals surface area contributed by atoms with Crippen molar-refractivity contribution < 1.29 is 0 Å². The molecule has 0 bridgehead atoms. The number of allylic oxidation sites excluding steroid dienone is 4. The summed E-state index contributed by atoms with van der Waals surface area (Å²) < 4.78 is 0. The van der Waals surface area contributed by atoms with Crippen molar-refractivity contribution in [3.05, 3.63) is 24.3 Å². The average molecular weight is 264 g/mol. The van der Waals surface area contributed by atoms with E-state index >= 15 is 0 Å². The van der Waals surface area contributed by atoms with Gasteiger partial charge in [-0.05, 0) is 32.1 Å². The van der Waals surface area contributed by atoms with Gasteiger partial charge in [-0.3, -0.25) is 0 Å². The van der Waals surface area contributed by atoms with E-state index in [2.05, 4.69) is 38.2 Å². The van der Waals surface area contributed by atoms with Gasteiger partial charge in [-0.1, -0.05) is 89.5 Å². The molecule has 0 aromatic carbocycles. The maximum Gasteiger partial charge on any atom is -0.0169 e. The third kappa shape index (κ3) is 17.5. The van der Waals surface area contributed by atoms with Crippen LogP contribution in [0.25, 0.3) is 0 Å². The van der Waals surface area contributed by atoms with Crippen LogP contribution in [0.15, 0.2) is 24.3 Å². The Morgan fingerprint density at radius 1 is 0.474 bits per heavy atom. The molecule has 112 valence electrons. The molecule has 0 aromatic heterocycles. The first-order chi connectivity index (χ1) is 9.41. The standard InChI is InChI=1S/C19H36/c1-3-5-7-9-11-13-15-17-19-18-16-14-12-10-8-6-4-2/h11,13,17,19H,3-10,12,14-16,18H2,1-2H3/b13-11?,19-17+. The van der Waals surface area contributed by atoms with Crippen LogP contribution >= 0.6 is 0 Å². The third-order valence-electron chi connectivity index (χ3n) is 3.55. The van der Waals surface area contributed by atoms with E-state index < -0.39 is 0 Å². The molecule has 0 N–H and O–H groups in total. The summed E-state index contributed by atoms with van der Waals surface area (Å²) in [6.07, 6.45) is 27.0. The maximum absolute atomic E-state index is 2.36. The van der Waals surface area contributed by atoms with Gasteiger partial charge in [0, 0.05) is 0 Å². The minimum Gasteiger partial charge on any atom is -0.0882 e. The summed E-state index contributed by atoms with van der Waals surface area (Å²) in [7, 11) is 0. The van der Waals surface area contributed by atoms with Gasteiger partial charge in [0.25, 0.3) is 0 Å². The van der Waals surface area contributed by atoms with Crippen LogP contribution in [0.4, 0.5) is 0 Å². The summed E-state index contributed by atoms with van der Waals surface area (Å²) in [5.41, 5.74) is 0. The van der Waals surface area contributed by atoms with Crippen LogP contribution in [0.2, 0.25) is 0 Å². The quantitative estimate of drug-likeness (QED) is 0.230. The van der Waals surface area contributed by atoms with Gasteiger partial charge in [0.2, 0.25) is 0 Å². The molecule has 0 heteroatoms. The normalized spacial score (nSPS) is 11.9. The average Bonchev–Trinajstić information content (AvgIpc) is 2.43. The zero-order valence-corrected chi connectivity index (χ0v) is 13.5. The number of hydrogen-bond acceptors (Lipinski definition) is 0. The van der Waals surface area contributed by atoms with Crippen molar-refractivity contribution in [3.63, 3.8) is 0 Å². The smallest absolute Gasteiger partial charge is 0.0169 e. The van der Waals surface area contributed by atoms with Crippen molar-refractivity contribution in [1.29, 1.82) is 0 Å². The van der Waals surface area contributed by atoms with E-state index in [4.69, 9.17) is 0 Å². The van der Waals surface area contributed by atoms with Gasteiger partial charge in [-0.25, -0.2) is 0 Å². The fourth-order valence-electron chi connectivity index (χ4n) is 2.24. The predicted molar refractivity (Wildman–Crippen MR) is 89.6 cm³/mol. The van der Waals surface area contributed by atoms with Crippen LogP contribution in [-0.4, -0.2) is 0 Å². The minimum atomic E-state index is 1.13. The van der Waals surface area contributed by atoms with Crippen LogP contribution in [0.5, 0.6) is 0 Å². The van der Waals surface area contributed by atoms with Gasteiger partial charge in [0.1, 0.15) is 0 Å². The van der Waals surface area contributed by atoms with E-state index in [-0.39, 0.29) is 0 Å². The molecule has 0 atom stereocenters. The highest BCUT2D eigenvalue weighted by molar-refractivity contribution is 4.92. The van der Waals surface area contributed by atoms with Crippen molar-refractivity contribution in [2.75, 3.05) is 0 Å². The molecule has 0 aliphatic heterocycles. The first-order valence-electron chi connectivity index (χ1n) is 8.71. The molecule has 0 amide bonds. The Morgan fingerprint density at radius 3 is 1.47 bits per heavy atom. The van der Waals surface area contributed by atoms with Crippen molar-refractivity contribution >= 4 is 0 Å². The molecular weight excluding hydrogens is 228 g/mol. The first-order valence-corrected chi connectivity index (χ1v) is 8.71. The van der Waals surface area contributed by atoms with Crippen molar-refractivity contribution in [2.24, 2.45) is 0 Å². The molecule has 0 aliphatic rings. The molecule has 0 heterocycles. The molecule has 0 saturated carbocycles. The fourth-order valence-corrected chi connectivity index (χ4v) is 2.24. The zero-order chi connectivity index (χ0) is 14.0. The van der Waals surface area contributed by atoms with E-state index in [1.807, 2.05) is 0 Å². The van der Waals surface area contributed by atoms with Gasteiger partial charge in [0.05, 0.1) is 0 Å². The Labute approximate surface area is 122 Å². The fraction of sp³-hybridized carbons (Fsp3) is 0.789. The molecule has 0 aromatic rings. The Hall–Kier alpha value is -0.520. The molecule has 0 fully saturated rings. The Bertz CT molecular complexity index is 200. The second-order valence-electron chi connectivity index (χ2n) is 5.58. The molecule has 0 spiro atoms. The second-order valence-corrected chi connectivity index (χ2v) is 5.58. The van der Waals surface area contributed by atoms with Gasteiger partial charge >= 0.3 is 0 Å². The molecule has 0 aliphatic carbocycles. The Kier molecular flexibility index (Phi) is 17.0. The SMILES string of the molecule is CCCCCC=CC/C=C/CCCCCCCCC. The topological polar surface area (TPSA) is 0 Å². The van der Waals surface area contributed by atoms with Crippen molar-refractivity contribution in [1.82, 2.24) is 0 Å². The zero-order valence-electron chi connectivity index (χ0n) is 13.5. The summed E-state index contributed by atoms with van der Waals surface area (Å²) in [4.78, 5) is 0. The molecule has 0 unspecified atom stereocenters. The largest absolute Gasteiger partial charge is 0.0882 e. The first kappa shape index (κ1) is 18.5. The van der Waals surface area contributed by atoms with E-state index in [1.54, 1.807) is 0 Å². The van der Waals surface area contributed by atoms with Crippen LogP contribution in [0, 0.1) is 0 Å². The monoisotopic (exact) mass is 264 g/mol. The Balaban J connectivity index is 3.12. The summed E-state index contributed by atoms with van der Waals surface area (Å²) in [5, 5.41) is 0. The van der Waals surface area contributed by atoms with Crippen LogP contribution in [0.1, 0.15) is 97.3 Å². The lowest BCUT2D eigenvalue weighted by Crippen LogP contribution is -1.78. The molecule has 19 heavy (non-hydrogen) atoms. The lowest BCUT2D eigenvalue weighted by atomic mass is 10.1. The van der Waals surface area contributed by atoms with E-state index in [0.29, 0.717) is 0 Å². The highest BCUT2D eigenvalue weighted by atomic mass is 14.0. The molecular formula is C19H36. The van der Waals surface area contributed by atoms with E-state index in [9.17, 15) is 0 Å². The lowest BCUT2D eigenvalue weighted by Gasteiger charge is -1.98. The van der Waals surface area contributed by atoms with Crippen LogP contribution < -0.4 is 0 Å². The summed E-state index contributed by atoms with van der Waals surface area (Å²) in [6, 6.07) is 0. The van der Waals surface area contributed by atoms with Crippen molar-refractivity contribution in [2.45, 2.75) is 97.3 Å². The van der Waals surface area contributed by atoms with Gasteiger partial charge in [-0.15, -0.1) is 0 Å². The summed E-state index contributed by atoms with van der Waals surface area (Å²) in [5.74, 6) is 0. The predicted octanol–water partition coefficient (Wildman–Crippen LogP) is 7.21. The Morgan fingerprint density at radius 2 is 0.895 bits per heavy atom. The molecule has 0 radical (unpaired) electrons. The number of hydrogen-bond donors (Lipinski definition) is 0. The lowest BCUT2D eigenvalue weighted by molar-refractivity contribution is 0.592. The summed E-state index contributed by atoms with van der Waals surface area (Å²) >= 11 is 0. The highest BCUT2D eigenvalue weighted by Gasteiger charge is 1.89. The van der Waals surface area contributed by atoms with Crippen LogP contribution in [0.3, 0.4) is 0 Å². The maximum atomic E-state index is 2.36. The van der Waals surface area contributed by atoms with Gasteiger partial charge in [0.15, 0.2) is 0 Å². The van der Waals surface area contributed by atoms with Gasteiger partial charge in [-0.2, -0.15) is 0 Å². The number of rotatable bonds is 14. The molecule has 0 rings (SSSR count). The molecule has 0 saturated heterocycles. The second kappa shape index (κ2) is 17.5. The minimum absolute atomic E-state index is 1.13. The van der Waals surface area contributed by atoms with Gasteiger partial charge < -0.3 is 0 Å².